The molecule has 0 bridgehead atoms. The van der Waals surface area contributed by atoms with Gasteiger partial charge >= 0.3 is 0 Å². The van der Waals surface area contributed by atoms with Gasteiger partial charge in [0.05, 0.1) is 28.0 Å². The number of benzene rings is 1. The molecule has 0 spiro atoms. The van der Waals surface area contributed by atoms with Gasteiger partial charge in [-0.15, -0.1) is 0 Å². The zero-order valence-corrected chi connectivity index (χ0v) is 10.1. The number of hydrogen-bond donors (Lipinski definition) is 0. The van der Waals surface area contributed by atoms with E-state index in [9.17, 15) is 19.7 Å². The minimum absolute atomic E-state index is 0.0162. The van der Waals surface area contributed by atoms with Crippen LogP contribution in [0.3, 0.4) is 0 Å². The number of anilines is 1. The molecule has 1 amide bonds. The fraction of sp³-hybridized carbons (Fsp3) is 0.200. The third-order valence-electron chi connectivity index (χ3n) is 2.42. The van der Waals surface area contributed by atoms with Gasteiger partial charge in [0.1, 0.15) is 0 Å². The first kappa shape index (κ1) is 11.7. The monoisotopic (exact) mass is 298 g/mol. The minimum atomic E-state index is -0.546. The van der Waals surface area contributed by atoms with Crippen LogP contribution in [0.2, 0.25) is 0 Å². The van der Waals surface area contributed by atoms with Crippen LogP contribution < -0.4 is 4.90 Å². The maximum Gasteiger partial charge on any atom is 0.285 e. The van der Waals surface area contributed by atoms with Crippen molar-refractivity contribution in [3.05, 3.63) is 32.8 Å². The second-order valence-electron chi connectivity index (χ2n) is 3.59. The number of halogens is 1. The molecule has 1 aliphatic rings. The first-order valence-electron chi connectivity index (χ1n) is 4.75. The molecule has 0 aromatic heterocycles. The smallest absolute Gasteiger partial charge is 0.285 e. The first-order valence-corrected chi connectivity index (χ1v) is 5.54. The molecule has 0 atom stereocenters. The number of Topliss-reactive ketones (excluding diaryl/α,β-unsaturated/α-hetero) is 1. The molecule has 6 nitrogen and oxygen atoms in total. The molecule has 0 radical (unpaired) electrons. The molecule has 0 saturated carbocycles. The Morgan fingerprint density at radius 2 is 2.06 bits per heavy atom. The molecular weight excluding hydrogens is 292 g/mol. The quantitative estimate of drug-likeness (QED) is 0.472. The van der Waals surface area contributed by atoms with Crippen molar-refractivity contribution >= 4 is 39.0 Å². The van der Waals surface area contributed by atoms with Crippen LogP contribution in [0.1, 0.15) is 6.42 Å². The highest BCUT2D eigenvalue weighted by atomic mass is 79.9. The van der Waals surface area contributed by atoms with Crippen molar-refractivity contribution in [3.63, 3.8) is 0 Å². The van der Waals surface area contributed by atoms with Crippen molar-refractivity contribution in [2.45, 2.75) is 6.42 Å². The van der Waals surface area contributed by atoms with Crippen LogP contribution in [0.15, 0.2) is 22.7 Å². The van der Waals surface area contributed by atoms with Gasteiger partial charge in [-0.3, -0.25) is 19.7 Å². The summed E-state index contributed by atoms with van der Waals surface area (Å²) in [5.41, 5.74) is 0.241. The molecule has 1 saturated heterocycles. The third-order valence-corrected chi connectivity index (χ3v) is 3.09. The van der Waals surface area contributed by atoms with E-state index < -0.39 is 4.92 Å². The average molecular weight is 299 g/mol. The Morgan fingerprint density at radius 1 is 1.35 bits per heavy atom. The van der Waals surface area contributed by atoms with Crippen LogP contribution >= 0.6 is 15.9 Å². The van der Waals surface area contributed by atoms with Crippen molar-refractivity contribution in [3.8, 4) is 0 Å². The van der Waals surface area contributed by atoms with E-state index in [1.165, 1.54) is 17.0 Å². The Labute approximate surface area is 104 Å². The second-order valence-corrected chi connectivity index (χ2v) is 4.44. The lowest BCUT2D eigenvalue weighted by molar-refractivity contribution is -0.385. The van der Waals surface area contributed by atoms with E-state index >= 15 is 0 Å². The standard InChI is InChI=1S/C10H7BrN2O4/c11-8-2-1-6(3-9(8)13(16)17)12-5-7(14)4-10(12)15/h1-3H,4-5H2. The van der Waals surface area contributed by atoms with E-state index in [1.54, 1.807) is 6.07 Å². The van der Waals surface area contributed by atoms with Crippen molar-refractivity contribution < 1.29 is 14.5 Å². The largest absolute Gasteiger partial charge is 0.304 e. The molecule has 1 fully saturated rings. The van der Waals surface area contributed by atoms with Gasteiger partial charge in [-0.2, -0.15) is 0 Å². The Hall–Kier alpha value is -1.76. The topological polar surface area (TPSA) is 80.5 Å². The fourth-order valence-electron chi connectivity index (χ4n) is 1.63. The summed E-state index contributed by atoms with van der Waals surface area (Å²) in [6.45, 7) is -0.0162. The molecule has 0 aliphatic carbocycles. The molecular formula is C10H7BrN2O4. The van der Waals surface area contributed by atoms with Gasteiger partial charge in [-0.1, -0.05) is 0 Å². The summed E-state index contributed by atoms with van der Waals surface area (Å²) < 4.78 is 0.337. The molecule has 0 N–H and O–H groups in total. The third kappa shape index (κ3) is 2.19. The van der Waals surface area contributed by atoms with Gasteiger partial charge < -0.3 is 4.90 Å². The molecule has 0 unspecified atom stereocenters. The summed E-state index contributed by atoms with van der Waals surface area (Å²) >= 11 is 3.05. The van der Waals surface area contributed by atoms with Crippen molar-refractivity contribution in [1.29, 1.82) is 0 Å². The number of carbonyl (C=O) groups is 2. The zero-order valence-electron chi connectivity index (χ0n) is 8.55. The van der Waals surface area contributed by atoms with Gasteiger partial charge in [0.15, 0.2) is 5.78 Å². The minimum Gasteiger partial charge on any atom is -0.304 e. The lowest BCUT2D eigenvalue weighted by Gasteiger charge is -2.14. The Balaban J connectivity index is 2.40. The highest BCUT2D eigenvalue weighted by Crippen LogP contribution is 2.30. The van der Waals surface area contributed by atoms with E-state index in [0.717, 1.165) is 0 Å². The molecule has 1 aromatic rings. The molecule has 2 rings (SSSR count). The summed E-state index contributed by atoms with van der Waals surface area (Å²) in [5.74, 6) is -0.507. The summed E-state index contributed by atoms with van der Waals surface area (Å²) in [4.78, 5) is 34.0. The summed E-state index contributed by atoms with van der Waals surface area (Å²) in [7, 11) is 0. The molecule has 88 valence electrons. The Morgan fingerprint density at radius 3 is 2.59 bits per heavy atom. The number of ketones is 1. The molecule has 1 aliphatic heterocycles. The van der Waals surface area contributed by atoms with Crippen LogP contribution in [0.5, 0.6) is 0 Å². The van der Waals surface area contributed by atoms with E-state index in [0.29, 0.717) is 10.2 Å². The van der Waals surface area contributed by atoms with E-state index in [2.05, 4.69) is 15.9 Å². The lowest BCUT2D eigenvalue weighted by Crippen LogP contribution is -2.24. The number of amides is 1. The van der Waals surface area contributed by atoms with Crippen LogP contribution in [-0.4, -0.2) is 23.2 Å². The van der Waals surface area contributed by atoms with Gasteiger partial charge in [-0.05, 0) is 28.1 Å². The number of hydrogen-bond acceptors (Lipinski definition) is 4. The van der Waals surface area contributed by atoms with E-state index in [4.69, 9.17) is 0 Å². The summed E-state index contributed by atoms with van der Waals surface area (Å²) in [5, 5.41) is 10.7. The lowest BCUT2D eigenvalue weighted by atomic mass is 10.2. The van der Waals surface area contributed by atoms with Crippen molar-refractivity contribution in [2.24, 2.45) is 0 Å². The number of rotatable bonds is 2. The molecule has 7 heteroatoms. The maximum absolute atomic E-state index is 11.5. The summed E-state index contributed by atoms with van der Waals surface area (Å²) in [6, 6.07) is 4.33. The predicted octanol–water partition coefficient (Wildman–Crippen LogP) is 1.66. The van der Waals surface area contributed by atoms with Crippen molar-refractivity contribution in [2.75, 3.05) is 11.4 Å². The maximum atomic E-state index is 11.5. The molecule has 17 heavy (non-hydrogen) atoms. The number of carbonyl (C=O) groups excluding carboxylic acids is 2. The van der Waals surface area contributed by atoms with Crippen LogP contribution in [0.25, 0.3) is 0 Å². The number of nitro groups is 1. The van der Waals surface area contributed by atoms with Gasteiger partial charge in [0, 0.05) is 6.07 Å². The van der Waals surface area contributed by atoms with Gasteiger partial charge in [0.2, 0.25) is 5.91 Å². The van der Waals surface area contributed by atoms with Crippen LogP contribution in [-0.2, 0) is 9.59 Å². The highest BCUT2D eigenvalue weighted by molar-refractivity contribution is 9.10. The molecule has 1 heterocycles. The van der Waals surface area contributed by atoms with Gasteiger partial charge in [-0.25, -0.2) is 0 Å². The highest BCUT2D eigenvalue weighted by Gasteiger charge is 2.29. The summed E-state index contributed by atoms with van der Waals surface area (Å²) in [6.07, 6.45) is -0.135. The van der Waals surface area contributed by atoms with Crippen molar-refractivity contribution in [1.82, 2.24) is 0 Å². The molecule has 1 aromatic carbocycles. The van der Waals surface area contributed by atoms with Crippen LogP contribution in [0.4, 0.5) is 11.4 Å². The van der Waals surface area contributed by atoms with E-state index in [1.807, 2.05) is 0 Å². The fourth-order valence-corrected chi connectivity index (χ4v) is 2.02. The second kappa shape index (κ2) is 4.25. The van der Waals surface area contributed by atoms with Crippen LogP contribution in [0, 0.1) is 10.1 Å². The Kier molecular flexibility index (Phi) is 2.93. The first-order chi connectivity index (χ1) is 7.99. The van der Waals surface area contributed by atoms with Gasteiger partial charge in [0.25, 0.3) is 5.69 Å². The zero-order chi connectivity index (χ0) is 12.6. The Bertz CT molecular complexity index is 529. The van der Waals surface area contributed by atoms with E-state index in [-0.39, 0.29) is 30.3 Å². The normalized spacial score (nSPS) is 15.5. The average Bonchev–Trinajstić information content (AvgIpc) is 2.58. The predicted molar refractivity (Wildman–Crippen MR) is 62.8 cm³/mol. The SMILES string of the molecule is O=C1CC(=O)N(c2ccc(Br)c([N+](=O)[O-])c2)C1. The number of nitrogens with zero attached hydrogens (tertiary/aromatic N) is 2. The number of nitro benzene ring substituents is 1.